The second-order valence-electron chi connectivity index (χ2n) is 8.20. The van der Waals surface area contributed by atoms with Gasteiger partial charge in [-0.25, -0.2) is 5.43 Å². The maximum Gasteiger partial charge on any atom is 0.244 e. The first-order chi connectivity index (χ1) is 12.8. The highest BCUT2D eigenvalue weighted by atomic mass is 16.2. The van der Waals surface area contributed by atoms with Gasteiger partial charge in [-0.3, -0.25) is 4.79 Å². The molecule has 0 saturated heterocycles. The summed E-state index contributed by atoms with van der Waals surface area (Å²) in [5, 5.41) is 4.18. The summed E-state index contributed by atoms with van der Waals surface area (Å²) in [7, 11) is 2.17. The molecule has 4 heteroatoms. The average molecular weight is 364 g/mol. The smallest absolute Gasteiger partial charge is 0.244 e. The van der Waals surface area contributed by atoms with Gasteiger partial charge < -0.3 is 4.90 Å². The number of hydrazone groups is 1. The van der Waals surface area contributed by atoms with Crippen LogP contribution in [0.3, 0.4) is 0 Å². The Hall–Kier alpha value is -2.62. The van der Waals surface area contributed by atoms with E-state index in [4.69, 9.17) is 0 Å². The lowest BCUT2D eigenvalue weighted by molar-refractivity contribution is -0.120. The Morgan fingerprint density at radius 2 is 2.00 bits per heavy atom. The highest BCUT2D eigenvalue weighted by Gasteiger charge is 2.34. The summed E-state index contributed by atoms with van der Waals surface area (Å²) in [6.45, 7) is 8.96. The molecule has 0 aliphatic carbocycles. The number of hydrogen-bond acceptors (Lipinski definition) is 3. The molecule has 1 N–H and O–H groups in total. The number of anilines is 1. The molecule has 0 radical (unpaired) electrons. The van der Waals surface area contributed by atoms with Crippen LogP contribution in [0.25, 0.3) is 0 Å². The summed E-state index contributed by atoms with van der Waals surface area (Å²) in [5.74, 6) is 0.384. The number of benzene rings is 2. The minimum atomic E-state index is -0.108. The first-order valence-corrected chi connectivity index (χ1v) is 9.52. The Morgan fingerprint density at radius 1 is 1.30 bits per heavy atom. The summed E-state index contributed by atoms with van der Waals surface area (Å²) >= 11 is 0. The quantitative estimate of drug-likeness (QED) is 0.646. The molecule has 0 fully saturated rings. The van der Waals surface area contributed by atoms with Crippen LogP contribution in [0, 0.1) is 6.92 Å². The van der Waals surface area contributed by atoms with Gasteiger partial charge in [0.15, 0.2) is 0 Å². The first-order valence-electron chi connectivity index (χ1n) is 9.52. The highest BCUT2D eigenvalue weighted by molar-refractivity contribution is 5.86. The standard InChI is InChI=1S/C23H29N3O/c1-16-11-21-20(17(2)14-23(3,4)26(21)5)13-19(16)15-24-25-22(27)12-18-9-7-6-8-10-18/h6-11,13,15,17H,12,14H2,1-5H3,(H,25,27)/b24-15-. The van der Waals surface area contributed by atoms with Crippen molar-refractivity contribution in [1.82, 2.24) is 5.43 Å². The van der Waals surface area contributed by atoms with Crippen molar-refractivity contribution in [2.75, 3.05) is 11.9 Å². The fraction of sp³-hybridized carbons (Fsp3) is 0.391. The van der Waals surface area contributed by atoms with E-state index in [1.165, 1.54) is 11.3 Å². The molecule has 0 bridgehead atoms. The summed E-state index contributed by atoms with van der Waals surface area (Å²) in [5.41, 5.74) is 8.62. The molecule has 0 spiro atoms. The molecule has 0 aromatic heterocycles. The second-order valence-corrected chi connectivity index (χ2v) is 8.20. The van der Waals surface area contributed by atoms with Crippen LogP contribution in [0.4, 0.5) is 5.69 Å². The lowest BCUT2D eigenvalue weighted by Gasteiger charge is -2.45. The lowest BCUT2D eigenvalue weighted by atomic mass is 9.79. The number of nitrogens with one attached hydrogen (secondary N) is 1. The fourth-order valence-electron chi connectivity index (χ4n) is 3.87. The highest BCUT2D eigenvalue weighted by Crippen LogP contribution is 2.43. The van der Waals surface area contributed by atoms with Crippen LogP contribution in [0.2, 0.25) is 0 Å². The zero-order chi connectivity index (χ0) is 19.6. The molecule has 4 nitrogen and oxygen atoms in total. The number of hydrogen-bond donors (Lipinski definition) is 1. The Bertz CT molecular complexity index is 855. The van der Waals surface area contributed by atoms with E-state index in [0.29, 0.717) is 12.3 Å². The van der Waals surface area contributed by atoms with E-state index in [2.05, 4.69) is 62.3 Å². The maximum atomic E-state index is 12.1. The van der Waals surface area contributed by atoms with Crippen LogP contribution in [-0.4, -0.2) is 24.7 Å². The molecule has 1 atom stereocenters. The number of nitrogens with zero attached hydrogens (tertiary/aromatic N) is 2. The van der Waals surface area contributed by atoms with Gasteiger partial charge in [-0.1, -0.05) is 37.3 Å². The Kier molecular flexibility index (Phi) is 5.36. The van der Waals surface area contributed by atoms with Crippen molar-refractivity contribution in [2.24, 2.45) is 5.10 Å². The minimum Gasteiger partial charge on any atom is -0.369 e. The number of amides is 1. The topological polar surface area (TPSA) is 44.7 Å². The van der Waals surface area contributed by atoms with Crippen LogP contribution < -0.4 is 10.3 Å². The summed E-state index contributed by atoms with van der Waals surface area (Å²) < 4.78 is 0. The lowest BCUT2D eigenvalue weighted by Crippen LogP contribution is -2.45. The number of carbonyl (C=O) groups excluding carboxylic acids is 1. The number of fused-ring (bicyclic) bond motifs is 1. The molecular formula is C23H29N3O. The Balaban J connectivity index is 1.73. The average Bonchev–Trinajstić information content (AvgIpc) is 2.61. The van der Waals surface area contributed by atoms with Crippen molar-refractivity contribution in [3.05, 3.63) is 64.7 Å². The predicted octanol–water partition coefficient (Wildman–Crippen LogP) is 4.41. The molecular weight excluding hydrogens is 334 g/mol. The third-order valence-electron chi connectivity index (χ3n) is 5.62. The zero-order valence-corrected chi connectivity index (χ0v) is 16.9. The van der Waals surface area contributed by atoms with Crippen molar-refractivity contribution in [2.45, 2.75) is 52.0 Å². The van der Waals surface area contributed by atoms with Crippen LogP contribution in [0.1, 0.15) is 55.4 Å². The van der Waals surface area contributed by atoms with Crippen LogP contribution in [-0.2, 0) is 11.2 Å². The van der Waals surface area contributed by atoms with Crippen LogP contribution in [0.5, 0.6) is 0 Å². The monoisotopic (exact) mass is 363 g/mol. The maximum absolute atomic E-state index is 12.1. The summed E-state index contributed by atoms with van der Waals surface area (Å²) in [6, 6.07) is 14.1. The molecule has 0 saturated carbocycles. The van der Waals surface area contributed by atoms with Gasteiger partial charge in [0, 0.05) is 18.3 Å². The molecule has 27 heavy (non-hydrogen) atoms. The summed E-state index contributed by atoms with van der Waals surface area (Å²) in [4.78, 5) is 14.4. The molecule has 1 heterocycles. The van der Waals surface area contributed by atoms with Gasteiger partial charge in [0.2, 0.25) is 5.91 Å². The van der Waals surface area contributed by atoms with E-state index in [9.17, 15) is 4.79 Å². The van der Waals surface area contributed by atoms with Gasteiger partial charge in [-0.05, 0) is 67.5 Å². The molecule has 1 aliphatic rings. The molecule has 1 unspecified atom stereocenters. The fourth-order valence-corrected chi connectivity index (χ4v) is 3.87. The van der Waals surface area contributed by atoms with Crippen molar-refractivity contribution in [3.63, 3.8) is 0 Å². The molecule has 1 aliphatic heterocycles. The van der Waals surface area contributed by atoms with E-state index in [0.717, 1.165) is 23.1 Å². The van der Waals surface area contributed by atoms with Gasteiger partial charge >= 0.3 is 0 Å². The van der Waals surface area contributed by atoms with Gasteiger partial charge in [-0.2, -0.15) is 5.10 Å². The molecule has 142 valence electrons. The van der Waals surface area contributed by atoms with E-state index in [1.807, 2.05) is 30.3 Å². The zero-order valence-electron chi connectivity index (χ0n) is 16.9. The first kappa shape index (κ1) is 19.2. The van der Waals surface area contributed by atoms with E-state index in [-0.39, 0.29) is 11.4 Å². The van der Waals surface area contributed by atoms with Crippen LogP contribution in [0.15, 0.2) is 47.6 Å². The Morgan fingerprint density at radius 3 is 2.70 bits per heavy atom. The van der Waals surface area contributed by atoms with E-state index in [1.54, 1.807) is 6.21 Å². The van der Waals surface area contributed by atoms with E-state index >= 15 is 0 Å². The number of aryl methyl sites for hydroxylation is 1. The molecule has 3 rings (SSSR count). The minimum absolute atomic E-state index is 0.108. The number of carbonyl (C=O) groups is 1. The Labute approximate surface area is 162 Å². The summed E-state index contributed by atoms with van der Waals surface area (Å²) in [6.07, 6.45) is 3.20. The van der Waals surface area contributed by atoms with Gasteiger partial charge in [0.25, 0.3) is 0 Å². The van der Waals surface area contributed by atoms with Crippen LogP contribution >= 0.6 is 0 Å². The van der Waals surface area contributed by atoms with Gasteiger partial charge in [0.1, 0.15) is 0 Å². The molecule has 1 amide bonds. The van der Waals surface area contributed by atoms with Gasteiger partial charge in [0.05, 0.1) is 12.6 Å². The SMILES string of the molecule is Cc1cc2c(cc1/C=N\NC(=O)Cc1ccccc1)C(C)CC(C)(C)N2C. The van der Waals surface area contributed by atoms with E-state index < -0.39 is 0 Å². The van der Waals surface area contributed by atoms with Crippen molar-refractivity contribution in [1.29, 1.82) is 0 Å². The number of rotatable bonds is 4. The third-order valence-corrected chi connectivity index (χ3v) is 5.62. The third kappa shape index (κ3) is 4.21. The largest absolute Gasteiger partial charge is 0.369 e. The van der Waals surface area contributed by atoms with Crippen molar-refractivity contribution >= 4 is 17.8 Å². The normalized spacial score (nSPS) is 18.4. The second kappa shape index (κ2) is 7.55. The molecule has 2 aromatic carbocycles. The predicted molar refractivity (Wildman–Crippen MR) is 113 cm³/mol. The van der Waals surface area contributed by atoms with Crippen molar-refractivity contribution < 1.29 is 4.79 Å². The molecule has 2 aromatic rings. The van der Waals surface area contributed by atoms with Crippen molar-refractivity contribution in [3.8, 4) is 0 Å². The van der Waals surface area contributed by atoms with Gasteiger partial charge in [-0.15, -0.1) is 0 Å².